The van der Waals surface area contributed by atoms with Crippen molar-refractivity contribution in [3.63, 3.8) is 0 Å². The molecule has 34 heavy (non-hydrogen) atoms. The molecule has 4 atom stereocenters. The Labute approximate surface area is 198 Å². The number of benzene rings is 2. The van der Waals surface area contributed by atoms with Crippen LogP contribution in [0.3, 0.4) is 0 Å². The summed E-state index contributed by atoms with van der Waals surface area (Å²) >= 11 is 0. The maximum Gasteiger partial charge on any atom is 0.317 e. The van der Waals surface area contributed by atoms with Gasteiger partial charge in [-0.3, -0.25) is 30.5 Å². The SMILES string of the molecule is O=C(O)CN1CCN(c2ccc(NC3NC(c4ccccc4)NC4CNNC(=O)C43)cc2)CC1. The number of carbonyl (C=O) groups is 2. The molecule has 5 rings (SSSR count). The third-order valence-corrected chi connectivity index (χ3v) is 6.77. The number of rotatable bonds is 6. The van der Waals surface area contributed by atoms with Crippen molar-refractivity contribution in [2.45, 2.75) is 18.4 Å². The third kappa shape index (κ3) is 5.00. The van der Waals surface area contributed by atoms with Crippen LogP contribution in [0.5, 0.6) is 0 Å². The van der Waals surface area contributed by atoms with Gasteiger partial charge in [-0.2, -0.15) is 0 Å². The standard InChI is InChI=1S/C24H31N7O3/c32-20(33)15-30-10-12-31(13-11-30)18-8-6-17(7-9-18)26-23-21-19(14-25-29-24(21)34)27-22(28-23)16-4-2-1-3-5-16/h1-9,19,21-23,25-28H,10-15H2,(H,29,34)(H,32,33). The van der Waals surface area contributed by atoms with Crippen LogP contribution < -0.4 is 31.7 Å². The molecule has 0 spiro atoms. The van der Waals surface area contributed by atoms with Crippen LogP contribution in [0, 0.1) is 5.92 Å². The van der Waals surface area contributed by atoms with E-state index in [-0.39, 0.29) is 36.7 Å². The van der Waals surface area contributed by atoms with Gasteiger partial charge >= 0.3 is 5.97 Å². The summed E-state index contributed by atoms with van der Waals surface area (Å²) in [6.07, 6.45) is -0.321. The zero-order valence-electron chi connectivity index (χ0n) is 18.9. The highest BCUT2D eigenvalue weighted by Gasteiger charge is 2.43. The van der Waals surface area contributed by atoms with Gasteiger partial charge in [0.05, 0.1) is 24.8 Å². The largest absolute Gasteiger partial charge is 0.480 e. The molecule has 3 aliphatic rings. The summed E-state index contributed by atoms with van der Waals surface area (Å²) in [5, 5.41) is 19.7. The van der Waals surface area contributed by atoms with Crippen LogP contribution >= 0.6 is 0 Å². The number of hydrogen-bond acceptors (Lipinski definition) is 8. The van der Waals surface area contributed by atoms with Gasteiger partial charge in [0.25, 0.3) is 0 Å². The number of fused-ring (bicyclic) bond motifs is 1. The van der Waals surface area contributed by atoms with E-state index >= 15 is 0 Å². The van der Waals surface area contributed by atoms with Crippen LogP contribution in [-0.2, 0) is 9.59 Å². The summed E-state index contributed by atoms with van der Waals surface area (Å²) in [6, 6.07) is 18.4. The minimum absolute atomic E-state index is 0.0147. The van der Waals surface area contributed by atoms with Gasteiger partial charge in [-0.1, -0.05) is 30.3 Å². The predicted molar refractivity (Wildman–Crippen MR) is 129 cm³/mol. The number of carboxylic acids is 1. The molecule has 0 saturated carbocycles. The van der Waals surface area contributed by atoms with Crippen molar-refractivity contribution in [2.75, 3.05) is 49.5 Å². The van der Waals surface area contributed by atoms with Crippen molar-refractivity contribution in [1.82, 2.24) is 26.4 Å². The van der Waals surface area contributed by atoms with Gasteiger partial charge in [-0.05, 0) is 29.8 Å². The first-order valence-corrected chi connectivity index (χ1v) is 11.7. The van der Waals surface area contributed by atoms with Crippen molar-refractivity contribution in [3.8, 4) is 0 Å². The molecule has 180 valence electrons. The molecule has 3 heterocycles. The number of anilines is 2. The van der Waals surface area contributed by atoms with Gasteiger partial charge in [0.15, 0.2) is 0 Å². The first-order valence-electron chi connectivity index (χ1n) is 11.7. The highest BCUT2D eigenvalue weighted by atomic mass is 16.4. The number of nitrogens with one attached hydrogen (secondary N) is 5. The van der Waals surface area contributed by atoms with Crippen LogP contribution in [0.15, 0.2) is 54.6 Å². The molecular formula is C24H31N7O3. The Hall–Kier alpha value is -3.18. The Bertz CT molecular complexity index is 995. The highest BCUT2D eigenvalue weighted by molar-refractivity contribution is 5.81. The topological polar surface area (TPSA) is 121 Å². The molecule has 0 radical (unpaired) electrons. The number of carbonyl (C=O) groups excluding carboxylic acids is 1. The van der Waals surface area contributed by atoms with Crippen LogP contribution in [0.2, 0.25) is 0 Å². The zero-order chi connectivity index (χ0) is 23.5. The summed E-state index contributed by atoms with van der Waals surface area (Å²) < 4.78 is 0. The van der Waals surface area contributed by atoms with E-state index in [1.54, 1.807) is 0 Å². The predicted octanol–water partition coefficient (Wildman–Crippen LogP) is 0.142. The molecule has 0 bridgehead atoms. The number of carboxylic acid groups (broad SMARTS) is 1. The second-order valence-corrected chi connectivity index (χ2v) is 9.01. The second-order valence-electron chi connectivity index (χ2n) is 9.01. The molecule has 2 aromatic rings. The van der Waals surface area contributed by atoms with Crippen LogP contribution in [-0.4, -0.2) is 73.4 Å². The Kier molecular flexibility index (Phi) is 6.63. The first kappa shape index (κ1) is 22.6. The van der Waals surface area contributed by atoms with Crippen molar-refractivity contribution < 1.29 is 14.7 Å². The minimum Gasteiger partial charge on any atom is -0.480 e. The Morgan fingerprint density at radius 2 is 1.74 bits per heavy atom. The lowest BCUT2D eigenvalue weighted by molar-refractivity contribution is -0.138. The van der Waals surface area contributed by atoms with Crippen LogP contribution in [0.4, 0.5) is 11.4 Å². The molecule has 10 nitrogen and oxygen atoms in total. The third-order valence-electron chi connectivity index (χ3n) is 6.77. The van der Waals surface area contributed by atoms with Crippen molar-refractivity contribution in [2.24, 2.45) is 5.92 Å². The molecular weight excluding hydrogens is 434 g/mol. The van der Waals surface area contributed by atoms with E-state index in [9.17, 15) is 9.59 Å². The van der Waals surface area contributed by atoms with E-state index in [0.717, 1.165) is 43.1 Å². The number of amides is 1. The molecule has 3 fully saturated rings. The van der Waals surface area contributed by atoms with Gasteiger partial charge in [0, 0.05) is 50.1 Å². The fraction of sp³-hybridized carbons (Fsp3) is 0.417. The van der Waals surface area contributed by atoms with Gasteiger partial charge in [-0.15, -0.1) is 0 Å². The smallest absolute Gasteiger partial charge is 0.317 e. The van der Waals surface area contributed by atoms with Gasteiger partial charge < -0.3 is 15.3 Å². The molecule has 4 unspecified atom stereocenters. The van der Waals surface area contributed by atoms with E-state index in [1.165, 1.54) is 0 Å². The molecule has 2 aromatic carbocycles. The van der Waals surface area contributed by atoms with E-state index in [2.05, 4.69) is 56.0 Å². The number of piperazine rings is 1. The first-order chi connectivity index (χ1) is 16.6. The van der Waals surface area contributed by atoms with Crippen LogP contribution in [0.1, 0.15) is 11.7 Å². The molecule has 0 aliphatic carbocycles. The molecule has 6 N–H and O–H groups in total. The number of nitrogens with zero attached hydrogens (tertiary/aromatic N) is 2. The average Bonchev–Trinajstić information content (AvgIpc) is 2.85. The van der Waals surface area contributed by atoms with E-state index in [1.807, 2.05) is 35.2 Å². The molecule has 3 aliphatic heterocycles. The van der Waals surface area contributed by atoms with Crippen molar-refractivity contribution >= 4 is 23.3 Å². The maximum atomic E-state index is 12.7. The lowest BCUT2D eigenvalue weighted by Crippen LogP contribution is -2.71. The summed E-state index contributed by atoms with van der Waals surface area (Å²) in [5.74, 6) is -1.10. The van der Waals surface area contributed by atoms with Crippen molar-refractivity contribution in [1.29, 1.82) is 0 Å². The number of hydrazine groups is 1. The van der Waals surface area contributed by atoms with Gasteiger partial charge in [-0.25, -0.2) is 5.43 Å². The minimum atomic E-state index is -0.783. The summed E-state index contributed by atoms with van der Waals surface area (Å²) in [5.41, 5.74) is 8.92. The second kappa shape index (κ2) is 9.98. The molecule has 3 saturated heterocycles. The maximum absolute atomic E-state index is 12.7. The zero-order valence-corrected chi connectivity index (χ0v) is 18.9. The summed E-state index contributed by atoms with van der Waals surface area (Å²) in [4.78, 5) is 27.8. The van der Waals surface area contributed by atoms with E-state index in [0.29, 0.717) is 6.54 Å². The van der Waals surface area contributed by atoms with Gasteiger partial charge in [0.2, 0.25) is 5.91 Å². The van der Waals surface area contributed by atoms with E-state index in [4.69, 9.17) is 5.11 Å². The Morgan fingerprint density at radius 3 is 2.44 bits per heavy atom. The van der Waals surface area contributed by atoms with Crippen molar-refractivity contribution in [3.05, 3.63) is 60.2 Å². The fourth-order valence-electron chi connectivity index (χ4n) is 5.01. The van der Waals surface area contributed by atoms with Gasteiger partial charge in [0.1, 0.15) is 0 Å². The lowest BCUT2D eigenvalue weighted by Gasteiger charge is -2.46. The molecule has 10 heteroatoms. The summed E-state index contributed by atoms with van der Waals surface area (Å²) in [7, 11) is 0. The Balaban J connectivity index is 1.26. The lowest BCUT2D eigenvalue weighted by atomic mass is 9.89. The molecule has 1 amide bonds. The number of hydrogen-bond donors (Lipinski definition) is 6. The Morgan fingerprint density at radius 1 is 1.00 bits per heavy atom. The van der Waals surface area contributed by atoms with E-state index < -0.39 is 5.97 Å². The molecule has 0 aromatic heterocycles. The quantitative estimate of drug-likeness (QED) is 0.354. The summed E-state index contributed by atoms with van der Waals surface area (Å²) in [6.45, 7) is 3.80. The van der Waals surface area contributed by atoms with Crippen LogP contribution in [0.25, 0.3) is 0 Å². The number of aliphatic carboxylic acids is 1. The highest BCUT2D eigenvalue weighted by Crippen LogP contribution is 2.27. The normalized spacial score (nSPS) is 27.5. The average molecular weight is 466 g/mol. The monoisotopic (exact) mass is 465 g/mol. The fourth-order valence-corrected chi connectivity index (χ4v) is 5.01.